The highest BCUT2D eigenvalue weighted by Gasteiger charge is 2.08. The Hall–Kier alpha value is -1.35. The second-order valence-electron chi connectivity index (χ2n) is 4.95. The number of hydrogen-bond donors (Lipinski definition) is 1. The van der Waals surface area contributed by atoms with E-state index in [1.54, 1.807) is 0 Å². The van der Waals surface area contributed by atoms with Gasteiger partial charge in [-0.15, -0.1) is 0 Å². The zero-order valence-electron chi connectivity index (χ0n) is 11.8. The number of aromatic nitrogens is 1. The molecule has 0 fully saturated rings. The highest BCUT2D eigenvalue weighted by atomic mass is 79.9. The molecule has 3 heteroatoms. The largest absolute Gasteiger partial charge is 0.366 e. The number of hydrogen-bond acceptors (Lipinski definition) is 2. The monoisotopic (exact) mass is 318 g/mol. The fourth-order valence-electron chi connectivity index (χ4n) is 2.22. The van der Waals surface area contributed by atoms with Gasteiger partial charge in [0.2, 0.25) is 0 Å². The summed E-state index contributed by atoms with van der Waals surface area (Å²) in [5.41, 5.74) is 6.81. The predicted molar refractivity (Wildman–Crippen MR) is 84.7 cm³/mol. The molecule has 1 aromatic carbocycles. The van der Waals surface area contributed by atoms with Crippen molar-refractivity contribution in [2.45, 2.75) is 34.2 Å². The van der Waals surface area contributed by atoms with E-state index in [2.05, 4.69) is 60.0 Å². The molecule has 1 heterocycles. The molecule has 0 unspecified atom stereocenters. The number of aryl methyl sites for hydroxylation is 2. The lowest BCUT2D eigenvalue weighted by atomic mass is 9.94. The van der Waals surface area contributed by atoms with E-state index in [0.717, 1.165) is 16.8 Å². The van der Waals surface area contributed by atoms with Crippen molar-refractivity contribution in [2.24, 2.45) is 0 Å². The van der Waals surface area contributed by atoms with E-state index in [9.17, 15) is 0 Å². The van der Waals surface area contributed by atoms with E-state index in [4.69, 9.17) is 0 Å². The molecule has 0 atom stereocenters. The molecule has 19 heavy (non-hydrogen) atoms. The summed E-state index contributed by atoms with van der Waals surface area (Å²) in [5.74, 6) is 0.904. The molecule has 2 aromatic rings. The minimum Gasteiger partial charge on any atom is -0.366 e. The Morgan fingerprint density at radius 2 is 1.68 bits per heavy atom. The lowest BCUT2D eigenvalue weighted by Gasteiger charge is -2.16. The van der Waals surface area contributed by atoms with Gasteiger partial charge in [-0.3, -0.25) is 0 Å². The lowest BCUT2D eigenvalue weighted by molar-refractivity contribution is 1.04. The fourth-order valence-corrected chi connectivity index (χ4v) is 2.46. The number of nitrogens with one attached hydrogen (secondary N) is 1. The lowest BCUT2D eigenvalue weighted by Crippen LogP contribution is -2.07. The van der Waals surface area contributed by atoms with Gasteiger partial charge >= 0.3 is 0 Å². The van der Waals surface area contributed by atoms with Gasteiger partial charge in [0.25, 0.3) is 0 Å². The first-order valence-electron chi connectivity index (χ1n) is 6.40. The molecule has 2 nitrogen and oxygen atoms in total. The summed E-state index contributed by atoms with van der Waals surface area (Å²) < 4.78 is 0.997. The summed E-state index contributed by atoms with van der Waals surface area (Å²) in [6, 6.07) is 6.24. The van der Waals surface area contributed by atoms with Crippen LogP contribution >= 0.6 is 15.9 Å². The van der Waals surface area contributed by atoms with Crippen LogP contribution in [0.1, 0.15) is 27.8 Å². The molecule has 0 aliphatic heterocycles. The van der Waals surface area contributed by atoms with Gasteiger partial charge in [-0.2, -0.15) is 0 Å². The Balaban J connectivity index is 2.22. The van der Waals surface area contributed by atoms with Crippen LogP contribution in [-0.2, 0) is 6.54 Å². The molecule has 0 aliphatic carbocycles. The minimum absolute atomic E-state index is 0.814. The third kappa shape index (κ3) is 3.16. The number of benzene rings is 1. The van der Waals surface area contributed by atoms with E-state index in [1.807, 2.05) is 18.3 Å². The maximum Gasteiger partial charge on any atom is 0.126 e. The zero-order valence-corrected chi connectivity index (χ0v) is 13.4. The van der Waals surface area contributed by atoms with Crippen molar-refractivity contribution in [3.8, 4) is 0 Å². The van der Waals surface area contributed by atoms with Gasteiger partial charge in [0.1, 0.15) is 5.82 Å². The second kappa shape index (κ2) is 5.74. The minimum atomic E-state index is 0.814. The van der Waals surface area contributed by atoms with Crippen LogP contribution in [0.2, 0.25) is 0 Å². The molecule has 0 saturated heterocycles. The van der Waals surface area contributed by atoms with Crippen LogP contribution in [0.25, 0.3) is 0 Å². The first-order chi connectivity index (χ1) is 8.99. The van der Waals surface area contributed by atoms with Gasteiger partial charge < -0.3 is 5.32 Å². The quantitative estimate of drug-likeness (QED) is 0.888. The molecule has 1 aromatic heterocycles. The van der Waals surface area contributed by atoms with Crippen LogP contribution in [-0.4, -0.2) is 4.98 Å². The fraction of sp³-hybridized carbons (Fsp3) is 0.312. The van der Waals surface area contributed by atoms with Crippen molar-refractivity contribution in [2.75, 3.05) is 5.32 Å². The molecule has 0 saturated carbocycles. The van der Waals surface area contributed by atoms with Gasteiger partial charge in [-0.05, 0) is 83.6 Å². The second-order valence-corrected chi connectivity index (χ2v) is 5.87. The zero-order chi connectivity index (χ0) is 14.0. The normalized spacial score (nSPS) is 10.6. The molecule has 2 rings (SSSR count). The van der Waals surface area contributed by atoms with Crippen LogP contribution < -0.4 is 5.32 Å². The van der Waals surface area contributed by atoms with Gasteiger partial charge in [0.15, 0.2) is 0 Å². The molecule has 0 spiro atoms. The average molecular weight is 319 g/mol. The molecule has 0 bridgehead atoms. The van der Waals surface area contributed by atoms with E-state index in [0.29, 0.717) is 0 Å². The van der Waals surface area contributed by atoms with Crippen molar-refractivity contribution in [3.05, 3.63) is 56.7 Å². The Morgan fingerprint density at radius 1 is 1.05 bits per heavy atom. The molecule has 0 amide bonds. The maximum absolute atomic E-state index is 4.34. The molecule has 1 N–H and O–H groups in total. The Morgan fingerprint density at radius 3 is 2.21 bits per heavy atom. The Kier molecular flexibility index (Phi) is 4.25. The number of anilines is 1. The van der Waals surface area contributed by atoms with Gasteiger partial charge in [-0.1, -0.05) is 6.07 Å². The highest BCUT2D eigenvalue weighted by Crippen LogP contribution is 2.22. The highest BCUT2D eigenvalue weighted by molar-refractivity contribution is 9.10. The van der Waals surface area contributed by atoms with Crippen molar-refractivity contribution < 1.29 is 0 Å². The van der Waals surface area contributed by atoms with Gasteiger partial charge in [-0.25, -0.2) is 4.98 Å². The summed E-state index contributed by atoms with van der Waals surface area (Å²) in [7, 11) is 0. The van der Waals surface area contributed by atoms with Crippen molar-refractivity contribution in [1.82, 2.24) is 4.98 Å². The third-order valence-corrected chi connectivity index (χ3v) is 4.16. The SMILES string of the molecule is Cc1cc(C)c(C)c(CNc2ccc(Br)cn2)c1C. The summed E-state index contributed by atoms with van der Waals surface area (Å²) in [4.78, 5) is 4.34. The summed E-state index contributed by atoms with van der Waals surface area (Å²) in [6.07, 6.45) is 1.81. The molecule has 0 radical (unpaired) electrons. The van der Waals surface area contributed by atoms with Crippen molar-refractivity contribution >= 4 is 21.7 Å². The maximum atomic E-state index is 4.34. The molecule has 0 aliphatic rings. The van der Waals surface area contributed by atoms with Crippen LogP contribution in [0.15, 0.2) is 28.9 Å². The van der Waals surface area contributed by atoms with Crippen LogP contribution in [0.4, 0.5) is 5.82 Å². The van der Waals surface area contributed by atoms with E-state index in [1.165, 1.54) is 27.8 Å². The summed E-state index contributed by atoms with van der Waals surface area (Å²) >= 11 is 3.39. The average Bonchev–Trinajstić information content (AvgIpc) is 2.38. The number of rotatable bonds is 3. The van der Waals surface area contributed by atoms with E-state index < -0.39 is 0 Å². The van der Waals surface area contributed by atoms with Crippen LogP contribution in [0, 0.1) is 27.7 Å². The summed E-state index contributed by atoms with van der Waals surface area (Å²) in [6.45, 7) is 9.53. The topological polar surface area (TPSA) is 24.9 Å². The number of pyridine rings is 1. The first kappa shape index (κ1) is 14.1. The predicted octanol–water partition coefficient (Wildman–Crippen LogP) is 4.69. The van der Waals surface area contributed by atoms with Crippen molar-refractivity contribution in [1.29, 1.82) is 0 Å². The standard InChI is InChI=1S/C16H19BrN2/c1-10-7-11(2)13(4)15(12(10)3)9-19-16-6-5-14(17)8-18-16/h5-8H,9H2,1-4H3,(H,18,19). The van der Waals surface area contributed by atoms with Gasteiger partial charge in [0, 0.05) is 17.2 Å². The molecular formula is C16H19BrN2. The summed E-state index contributed by atoms with van der Waals surface area (Å²) in [5, 5.41) is 3.39. The van der Waals surface area contributed by atoms with E-state index in [-0.39, 0.29) is 0 Å². The molecule has 100 valence electrons. The Bertz CT molecular complexity index is 562. The number of halogens is 1. The van der Waals surface area contributed by atoms with Crippen LogP contribution in [0.3, 0.4) is 0 Å². The first-order valence-corrected chi connectivity index (χ1v) is 7.20. The molecular weight excluding hydrogens is 300 g/mol. The van der Waals surface area contributed by atoms with Crippen molar-refractivity contribution in [3.63, 3.8) is 0 Å². The third-order valence-electron chi connectivity index (χ3n) is 3.70. The van der Waals surface area contributed by atoms with E-state index >= 15 is 0 Å². The smallest absolute Gasteiger partial charge is 0.126 e. The number of nitrogens with zero attached hydrogens (tertiary/aromatic N) is 1. The Labute approximate surface area is 123 Å². The van der Waals surface area contributed by atoms with Gasteiger partial charge in [0.05, 0.1) is 0 Å². The van der Waals surface area contributed by atoms with Crippen LogP contribution in [0.5, 0.6) is 0 Å².